The number of nitrogens with one attached hydrogen (secondary N) is 1. The van der Waals surface area contributed by atoms with Gasteiger partial charge >= 0.3 is 0 Å². The van der Waals surface area contributed by atoms with Gasteiger partial charge in [0, 0.05) is 22.2 Å². The van der Waals surface area contributed by atoms with E-state index in [1.165, 1.54) is 11.5 Å². The lowest BCUT2D eigenvalue weighted by Gasteiger charge is -2.03. The van der Waals surface area contributed by atoms with Crippen molar-refractivity contribution in [3.63, 3.8) is 0 Å². The van der Waals surface area contributed by atoms with Crippen LogP contribution in [0, 0.1) is 6.92 Å². The minimum Gasteiger partial charge on any atom is -0.497 e. The van der Waals surface area contributed by atoms with Crippen molar-refractivity contribution in [3.8, 4) is 23.0 Å². The summed E-state index contributed by atoms with van der Waals surface area (Å²) in [5, 5.41) is 13.0. The standard InChI is InChI=1S/C18H15ClN6OS/c1-11-16(22-24-25(11)14-7-3-12(19)4-8-14)17-21-18(27-23-17)20-13-5-9-15(26-2)10-6-13/h3-10H,1-2H3,(H,20,21,23). The molecule has 0 saturated carbocycles. The van der Waals surface area contributed by atoms with Crippen molar-refractivity contribution in [2.45, 2.75) is 6.92 Å². The number of aromatic nitrogens is 5. The summed E-state index contributed by atoms with van der Waals surface area (Å²) in [4.78, 5) is 4.53. The van der Waals surface area contributed by atoms with Crippen molar-refractivity contribution in [1.82, 2.24) is 24.4 Å². The number of benzene rings is 2. The number of methoxy groups -OCH3 is 1. The number of nitrogens with zero attached hydrogens (tertiary/aromatic N) is 5. The van der Waals surface area contributed by atoms with E-state index in [0.717, 1.165) is 22.8 Å². The Morgan fingerprint density at radius 2 is 1.81 bits per heavy atom. The molecule has 0 spiro atoms. The first-order valence-electron chi connectivity index (χ1n) is 8.07. The molecule has 0 aliphatic carbocycles. The molecule has 0 fully saturated rings. The van der Waals surface area contributed by atoms with Gasteiger partial charge in [-0.1, -0.05) is 16.8 Å². The Kier molecular flexibility index (Phi) is 4.74. The molecular formula is C18H15ClN6OS. The van der Waals surface area contributed by atoms with Gasteiger partial charge in [-0.15, -0.1) is 5.10 Å². The maximum Gasteiger partial charge on any atom is 0.207 e. The Hall–Kier alpha value is -2.97. The predicted octanol–water partition coefficient (Wildman–Crippen LogP) is 4.50. The maximum absolute atomic E-state index is 5.95. The summed E-state index contributed by atoms with van der Waals surface area (Å²) in [5.41, 5.74) is 3.28. The van der Waals surface area contributed by atoms with E-state index in [1.807, 2.05) is 55.5 Å². The molecule has 0 saturated heterocycles. The van der Waals surface area contributed by atoms with Crippen LogP contribution in [0.15, 0.2) is 48.5 Å². The molecule has 136 valence electrons. The van der Waals surface area contributed by atoms with E-state index in [4.69, 9.17) is 16.3 Å². The third kappa shape index (κ3) is 3.62. The van der Waals surface area contributed by atoms with Crippen molar-refractivity contribution in [1.29, 1.82) is 0 Å². The molecule has 0 unspecified atom stereocenters. The van der Waals surface area contributed by atoms with E-state index in [2.05, 4.69) is 25.0 Å². The lowest BCUT2D eigenvalue weighted by atomic mass is 10.3. The molecule has 4 rings (SSSR count). The first-order chi connectivity index (χ1) is 13.1. The molecule has 0 aliphatic rings. The summed E-state index contributed by atoms with van der Waals surface area (Å²) >= 11 is 7.22. The topological polar surface area (TPSA) is 77.8 Å². The van der Waals surface area contributed by atoms with Crippen molar-refractivity contribution < 1.29 is 4.74 Å². The first kappa shape index (κ1) is 17.4. The van der Waals surface area contributed by atoms with Crippen LogP contribution in [0.3, 0.4) is 0 Å². The molecule has 2 aromatic carbocycles. The molecule has 2 aromatic heterocycles. The van der Waals surface area contributed by atoms with E-state index in [9.17, 15) is 0 Å². The second kappa shape index (κ2) is 7.34. The highest BCUT2D eigenvalue weighted by molar-refractivity contribution is 7.09. The number of ether oxygens (including phenoxy) is 1. The summed E-state index contributed by atoms with van der Waals surface area (Å²) in [6, 6.07) is 15.0. The maximum atomic E-state index is 5.95. The lowest BCUT2D eigenvalue weighted by Crippen LogP contribution is -1.98. The Morgan fingerprint density at radius 1 is 1.07 bits per heavy atom. The largest absolute Gasteiger partial charge is 0.497 e. The third-order valence-corrected chi connectivity index (χ3v) is 4.83. The molecule has 1 N–H and O–H groups in total. The van der Waals surface area contributed by atoms with E-state index < -0.39 is 0 Å². The number of anilines is 2. The number of halogens is 1. The second-order valence-corrected chi connectivity index (χ2v) is 6.88. The Morgan fingerprint density at radius 3 is 2.52 bits per heavy atom. The van der Waals surface area contributed by atoms with Crippen LogP contribution in [0.5, 0.6) is 5.75 Å². The van der Waals surface area contributed by atoms with Gasteiger partial charge in [-0.2, -0.15) is 9.36 Å². The van der Waals surface area contributed by atoms with Crippen molar-refractivity contribution in [2.24, 2.45) is 0 Å². The summed E-state index contributed by atoms with van der Waals surface area (Å²) in [7, 11) is 1.64. The second-order valence-electron chi connectivity index (χ2n) is 5.69. The molecule has 4 aromatic rings. The molecule has 9 heteroatoms. The van der Waals surface area contributed by atoms with Crippen LogP contribution in [-0.2, 0) is 0 Å². The number of hydrogen-bond donors (Lipinski definition) is 1. The average Bonchev–Trinajstić information content (AvgIpc) is 3.29. The fraction of sp³-hybridized carbons (Fsp3) is 0.111. The van der Waals surface area contributed by atoms with Crippen molar-refractivity contribution >= 4 is 34.0 Å². The van der Waals surface area contributed by atoms with E-state index >= 15 is 0 Å². The Balaban J connectivity index is 1.57. The molecule has 0 radical (unpaired) electrons. The Bertz CT molecular complexity index is 1060. The van der Waals surface area contributed by atoms with Crippen LogP contribution >= 0.6 is 23.1 Å². The lowest BCUT2D eigenvalue weighted by molar-refractivity contribution is 0.415. The van der Waals surface area contributed by atoms with Gasteiger partial charge in [0.15, 0.2) is 11.5 Å². The predicted molar refractivity (Wildman–Crippen MR) is 106 cm³/mol. The quantitative estimate of drug-likeness (QED) is 0.533. The fourth-order valence-corrected chi connectivity index (χ4v) is 3.25. The van der Waals surface area contributed by atoms with Crippen LogP contribution < -0.4 is 10.1 Å². The number of rotatable bonds is 5. The zero-order valence-corrected chi connectivity index (χ0v) is 16.1. The smallest absolute Gasteiger partial charge is 0.207 e. The van der Waals surface area contributed by atoms with Gasteiger partial charge in [0.1, 0.15) is 5.75 Å². The van der Waals surface area contributed by atoms with Crippen molar-refractivity contribution in [3.05, 3.63) is 59.2 Å². The summed E-state index contributed by atoms with van der Waals surface area (Å²) in [6.07, 6.45) is 0. The SMILES string of the molecule is COc1ccc(Nc2nc(-c3nnn(-c4ccc(Cl)cc4)c3C)ns2)cc1. The van der Waals surface area contributed by atoms with Crippen LogP contribution in [-0.4, -0.2) is 31.5 Å². The van der Waals surface area contributed by atoms with Gasteiger partial charge in [-0.05, 0) is 55.5 Å². The molecule has 7 nitrogen and oxygen atoms in total. The van der Waals surface area contributed by atoms with Gasteiger partial charge < -0.3 is 10.1 Å². The van der Waals surface area contributed by atoms with Gasteiger partial charge in [0.25, 0.3) is 0 Å². The number of hydrogen-bond acceptors (Lipinski definition) is 7. The molecule has 2 heterocycles. The first-order valence-corrected chi connectivity index (χ1v) is 9.22. The molecule has 0 atom stereocenters. The monoisotopic (exact) mass is 398 g/mol. The van der Waals surface area contributed by atoms with Gasteiger partial charge in [0.2, 0.25) is 5.13 Å². The van der Waals surface area contributed by atoms with Gasteiger partial charge in [-0.3, -0.25) is 0 Å². The average molecular weight is 399 g/mol. The molecular weight excluding hydrogens is 384 g/mol. The zero-order chi connectivity index (χ0) is 18.8. The molecule has 0 aliphatic heterocycles. The highest BCUT2D eigenvalue weighted by atomic mass is 35.5. The molecule has 0 amide bonds. The highest BCUT2D eigenvalue weighted by Gasteiger charge is 2.16. The summed E-state index contributed by atoms with van der Waals surface area (Å²) < 4.78 is 11.3. The Labute approximate surface area is 164 Å². The molecule has 27 heavy (non-hydrogen) atoms. The fourth-order valence-electron chi connectivity index (χ4n) is 2.53. The minimum atomic E-state index is 0.536. The third-order valence-electron chi connectivity index (χ3n) is 3.94. The van der Waals surface area contributed by atoms with Crippen LogP contribution in [0.4, 0.5) is 10.8 Å². The highest BCUT2D eigenvalue weighted by Crippen LogP contribution is 2.26. The molecule has 0 bridgehead atoms. The van der Waals surface area contributed by atoms with Crippen LogP contribution in [0.2, 0.25) is 5.02 Å². The zero-order valence-electron chi connectivity index (χ0n) is 14.5. The minimum absolute atomic E-state index is 0.536. The van der Waals surface area contributed by atoms with Crippen LogP contribution in [0.25, 0.3) is 17.2 Å². The van der Waals surface area contributed by atoms with E-state index in [1.54, 1.807) is 11.8 Å². The van der Waals surface area contributed by atoms with E-state index in [0.29, 0.717) is 21.7 Å². The summed E-state index contributed by atoms with van der Waals surface area (Å²) in [6.45, 7) is 1.93. The van der Waals surface area contributed by atoms with Gasteiger partial charge in [0.05, 0.1) is 18.5 Å². The van der Waals surface area contributed by atoms with Gasteiger partial charge in [-0.25, -0.2) is 4.68 Å². The summed E-state index contributed by atoms with van der Waals surface area (Å²) in [5.74, 6) is 1.33. The van der Waals surface area contributed by atoms with Crippen LogP contribution in [0.1, 0.15) is 5.69 Å². The normalized spacial score (nSPS) is 10.8. The van der Waals surface area contributed by atoms with Crippen molar-refractivity contribution in [2.75, 3.05) is 12.4 Å². The van der Waals surface area contributed by atoms with E-state index in [-0.39, 0.29) is 0 Å².